The molecule has 2 aromatic heterocycles. The number of carbonyl (C=O) groups excluding carboxylic acids is 1. The summed E-state index contributed by atoms with van der Waals surface area (Å²) in [7, 11) is 0. The maximum absolute atomic E-state index is 13.8. The van der Waals surface area contributed by atoms with Crippen molar-refractivity contribution in [3.05, 3.63) is 71.3 Å². The monoisotopic (exact) mass is 354 g/mol. The zero-order chi connectivity index (χ0) is 18.1. The topological polar surface area (TPSA) is 61.9 Å². The number of aromatic nitrogens is 3. The summed E-state index contributed by atoms with van der Waals surface area (Å²) < 4.78 is 27.1. The Kier molecular flexibility index (Phi) is 4.20. The number of nitrogens with zero attached hydrogens (tertiary/aromatic N) is 3. The van der Waals surface area contributed by atoms with Gasteiger partial charge in [-0.1, -0.05) is 12.1 Å². The van der Waals surface area contributed by atoms with Crippen LogP contribution in [0.5, 0.6) is 0 Å². The summed E-state index contributed by atoms with van der Waals surface area (Å²) in [6.07, 6.45) is 3.87. The minimum atomic E-state index is -0.959. The summed E-state index contributed by atoms with van der Waals surface area (Å²) in [4.78, 5) is 26.1. The molecule has 0 aliphatic carbocycles. The van der Waals surface area contributed by atoms with Gasteiger partial charge in [0.05, 0.1) is 24.4 Å². The summed E-state index contributed by atoms with van der Waals surface area (Å²) in [5.41, 5.74) is 2.73. The minimum Gasteiger partial charge on any atom is -0.340 e. The Balaban J connectivity index is 1.50. The van der Waals surface area contributed by atoms with E-state index in [4.69, 9.17) is 0 Å². The van der Waals surface area contributed by atoms with Crippen LogP contribution >= 0.6 is 0 Å². The lowest BCUT2D eigenvalue weighted by molar-refractivity contribution is -0.131. The number of H-pyrrole nitrogens is 1. The van der Waals surface area contributed by atoms with Crippen LogP contribution in [0.2, 0.25) is 0 Å². The summed E-state index contributed by atoms with van der Waals surface area (Å²) in [6.45, 7) is 0.873. The first kappa shape index (κ1) is 16.4. The quantitative estimate of drug-likeness (QED) is 0.787. The van der Waals surface area contributed by atoms with Crippen LogP contribution in [0.3, 0.4) is 0 Å². The van der Waals surface area contributed by atoms with E-state index in [1.165, 1.54) is 12.1 Å². The van der Waals surface area contributed by atoms with E-state index in [1.807, 2.05) is 12.1 Å². The van der Waals surface area contributed by atoms with Gasteiger partial charge >= 0.3 is 0 Å². The van der Waals surface area contributed by atoms with Gasteiger partial charge in [0.1, 0.15) is 5.82 Å². The Labute approximate surface area is 148 Å². The molecule has 132 valence electrons. The molecular weight excluding hydrogens is 338 g/mol. The van der Waals surface area contributed by atoms with Crippen molar-refractivity contribution in [3.63, 3.8) is 0 Å². The van der Waals surface area contributed by atoms with Crippen molar-refractivity contribution in [2.75, 3.05) is 6.54 Å². The van der Waals surface area contributed by atoms with Gasteiger partial charge in [-0.3, -0.25) is 9.78 Å². The number of hydrogen-bond donors (Lipinski definition) is 1. The lowest BCUT2D eigenvalue weighted by Gasteiger charge is -2.26. The maximum Gasteiger partial charge on any atom is 0.227 e. The number of nitrogens with one attached hydrogen (secondary N) is 1. The number of amides is 1. The summed E-state index contributed by atoms with van der Waals surface area (Å²) in [5.74, 6) is -1.42. The Morgan fingerprint density at radius 1 is 1.23 bits per heavy atom. The molecule has 5 nitrogen and oxygen atoms in total. The fourth-order valence-corrected chi connectivity index (χ4v) is 3.11. The van der Waals surface area contributed by atoms with Gasteiger partial charge in [0, 0.05) is 36.5 Å². The second-order valence-corrected chi connectivity index (χ2v) is 6.21. The van der Waals surface area contributed by atoms with Crippen LogP contribution in [0.1, 0.15) is 17.0 Å². The normalized spacial score (nSPS) is 13.5. The van der Waals surface area contributed by atoms with E-state index in [-0.39, 0.29) is 17.9 Å². The van der Waals surface area contributed by atoms with Gasteiger partial charge in [-0.2, -0.15) is 0 Å². The summed E-state index contributed by atoms with van der Waals surface area (Å²) in [5, 5.41) is 0. The van der Waals surface area contributed by atoms with Crippen molar-refractivity contribution >= 4 is 5.91 Å². The molecule has 7 heteroatoms. The van der Waals surface area contributed by atoms with Crippen LogP contribution in [0, 0.1) is 11.6 Å². The number of halogens is 2. The van der Waals surface area contributed by atoms with Gasteiger partial charge in [-0.25, -0.2) is 13.8 Å². The molecule has 26 heavy (non-hydrogen) atoms. The van der Waals surface area contributed by atoms with Crippen LogP contribution in [0.4, 0.5) is 8.78 Å². The van der Waals surface area contributed by atoms with Crippen molar-refractivity contribution in [2.45, 2.75) is 19.4 Å². The molecule has 0 radical (unpaired) electrons. The molecule has 1 aromatic carbocycles. The largest absolute Gasteiger partial charge is 0.340 e. The molecule has 3 heterocycles. The molecule has 0 bridgehead atoms. The first-order valence-corrected chi connectivity index (χ1v) is 8.30. The SMILES string of the molecule is O=C(Cc1cccc(F)c1F)N1CCc2nc(-c3cccnc3)[nH]c2C1. The molecule has 1 aliphatic heterocycles. The smallest absolute Gasteiger partial charge is 0.227 e. The van der Waals surface area contributed by atoms with E-state index in [9.17, 15) is 13.6 Å². The fraction of sp³-hybridized carbons (Fsp3) is 0.211. The summed E-state index contributed by atoms with van der Waals surface area (Å²) >= 11 is 0. The first-order chi connectivity index (χ1) is 12.6. The zero-order valence-corrected chi connectivity index (χ0v) is 13.9. The molecular formula is C19H16F2N4O. The lowest BCUT2D eigenvalue weighted by atomic mass is 10.1. The Morgan fingerprint density at radius 3 is 2.92 bits per heavy atom. The zero-order valence-electron chi connectivity index (χ0n) is 13.9. The third-order valence-corrected chi connectivity index (χ3v) is 4.49. The predicted octanol–water partition coefficient (Wildman–Crippen LogP) is 2.88. The number of aromatic amines is 1. The van der Waals surface area contributed by atoms with E-state index >= 15 is 0 Å². The number of imidazole rings is 1. The first-order valence-electron chi connectivity index (χ1n) is 8.30. The van der Waals surface area contributed by atoms with Gasteiger partial charge in [0.2, 0.25) is 5.91 Å². The highest BCUT2D eigenvalue weighted by Gasteiger charge is 2.25. The molecule has 4 rings (SSSR count). The number of carbonyl (C=O) groups is 1. The maximum atomic E-state index is 13.8. The van der Waals surface area contributed by atoms with Crippen LogP contribution in [0.15, 0.2) is 42.7 Å². The number of pyridine rings is 1. The van der Waals surface area contributed by atoms with Gasteiger partial charge in [0.25, 0.3) is 0 Å². The minimum absolute atomic E-state index is 0.0708. The second kappa shape index (κ2) is 6.67. The molecule has 0 spiro atoms. The Bertz CT molecular complexity index is 955. The molecule has 0 saturated heterocycles. The molecule has 3 aromatic rings. The Morgan fingerprint density at radius 2 is 2.12 bits per heavy atom. The molecule has 0 saturated carbocycles. The second-order valence-electron chi connectivity index (χ2n) is 6.21. The average Bonchev–Trinajstić information content (AvgIpc) is 3.09. The van der Waals surface area contributed by atoms with Crippen LogP contribution < -0.4 is 0 Å². The van der Waals surface area contributed by atoms with Crippen LogP contribution in [0.25, 0.3) is 11.4 Å². The number of hydrogen-bond acceptors (Lipinski definition) is 3. The highest BCUT2D eigenvalue weighted by atomic mass is 19.2. The van der Waals surface area contributed by atoms with Crippen molar-refractivity contribution in [1.29, 1.82) is 0 Å². The summed E-state index contributed by atoms with van der Waals surface area (Å²) in [6, 6.07) is 7.63. The van der Waals surface area contributed by atoms with Crippen LogP contribution in [-0.4, -0.2) is 32.3 Å². The fourth-order valence-electron chi connectivity index (χ4n) is 3.11. The molecule has 1 aliphatic rings. The van der Waals surface area contributed by atoms with Gasteiger partial charge in [-0.15, -0.1) is 0 Å². The van der Waals surface area contributed by atoms with E-state index in [0.29, 0.717) is 25.3 Å². The standard InChI is InChI=1S/C19H16F2N4O/c20-14-5-1-3-12(18(14)21)9-17(26)25-8-6-15-16(11-25)24-19(23-15)13-4-2-7-22-10-13/h1-5,7,10H,6,8-9,11H2,(H,23,24). The van der Waals surface area contributed by atoms with Crippen molar-refractivity contribution in [3.8, 4) is 11.4 Å². The highest BCUT2D eigenvalue weighted by Crippen LogP contribution is 2.23. The number of fused-ring (bicyclic) bond motifs is 1. The molecule has 1 amide bonds. The van der Waals surface area contributed by atoms with E-state index < -0.39 is 11.6 Å². The highest BCUT2D eigenvalue weighted by molar-refractivity contribution is 5.79. The Hall–Kier alpha value is -3.09. The number of benzene rings is 1. The van der Waals surface area contributed by atoms with Gasteiger partial charge < -0.3 is 9.88 Å². The van der Waals surface area contributed by atoms with Crippen molar-refractivity contribution < 1.29 is 13.6 Å². The number of rotatable bonds is 3. The third kappa shape index (κ3) is 3.08. The average molecular weight is 354 g/mol. The molecule has 0 atom stereocenters. The molecule has 0 unspecified atom stereocenters. The lowest BCUT2D eigenvalue weighted by Crippen LogP contribution is -2.37. The molecule has 1 N–H and O–H groups in total. The van der Waals surface area contributed by atoms with E-state index in [2.05, 4.69) is 15.0 Å². The van der Waals surface area contributed by atoms with Gasteiger partial charge in [0.15, 0.2) is 11.6 Å². The van der Waals surface area contributed by atoms with E-state index in [0.717, 1.165) is 23.0 Å². The van der Waals surface area contributed by atoms with Crippen molar-refractivity contribution in [2.24, 2.45) is 0 Å². The van der Waals surface area contributed by atoms with Crippen molar-refractivity contribution in [1.82, 2.24) is 19.9 Å². The third-order valence-electron chi connectivity index (χ3n) is 4.49. The van der Waals surface area contributed by atoms with Crippen LogP contribution in [-0.2, 0) is 24.2 Å². The van der Waals surface area contributed by atoms with E-state index in [1.54, 1.807) is 17.3 Å². The molecule has 0 fully saturated rings. The predicted molar refractivity (Wildman–Crippen MR) is 91.0 cm³/mol. The van der Waals surface area contributed by atoms with Gasteiger partial charge in [-0.05, 0) is 18.2 Å².